The molecule has 0 heterocycles. The predicted molar refractivity (Wildman–Crippen MR) is 80.8 cm³/mol. The van der Waals surface area contributed by atoms with Gasteiger partial charge >= 0.3 is 0 Å². The van der Waals surface area contributed by atoms with E-state index in [1.54, 1.807) is 13.0 Å². The molecule has 0 saturated heterocycles. The molecule has 0 atom stereocenters. The number of hydrogen-bond donors (Lipinski definition) is 1. The topological polar surface area (TPSA) is 12.0 Å². The van der Waals surface area contributed by atoms with E-state index in [1.807, 2.05) is 12.1 Å². The van der Waals surface area contributed by atoms with Crippen LogP contribution in [0, 0.1) is 18.7 Å². The summed E-state index contributed by atoms with van der Waals surface area (Å²) in [4.78, 5) is 0. The molecule has 1 aromatic rings. The monoisotopic (exact) mass is 265 g/mol. The van der Waals surface area contributed by atoms with E-state index in [0.717, 1.165) is 24.6 Å². The molecule has 1 rings (SSSR count). The average molecular weight is 265 g/mol. The van der Waals surface area contributed by atoms with Crippen LogP contribution in [0.5, 0.6) is 0 Å². The van der Waals surface area contributed by atoms with E-state index in [9.17, 15) is 4.39 Å². The van der Waals surface area contributed by atoms with Crippen LogP contribution < -0.4 is 5.32 Å². The molecule has 0 fully saturated rings. The zero-order chi connectivity index (χ0) is 14.1. The second-order valence-electron chi connectivity index (χ2n) is 5.86. The first-order valence-corrected chi connectivity index (χ1v) is 7.55. The van der Waals surface area contributed by atoms with E-state index in [2.05, 4.69) is 19.2 Å². The molecule has 0 aliphatic heterocycles. The molecule has 0 saturated carbocycles. The summed E-state index contributed by atoms with van der Waals surface area (Å²) < 4.78 is 13.3. The van der Waals surface area contributed by atoms with E-state index >= 15 is 0 Å². The lowest BCUT2D eigenvalue weighted by Crippen LogP contribution is -2.14. The first-order chi connectivity index (χ1) is 9.09. The minimum Gasteiger partial charge on any atom is -0.313 e. The highest BCUT2D eigenvalue weighted by atomic mass is 19.1. The van der Waals surface area contributed by atoms with Crippen LogP contribution >= 0.6 is 0 Å². The first kappa shape index (κ1) is 16.2. The normalized spacial score (nSPS) is 11.2. The van der Waals surface area contributed by atoms with Gasteiger partial charge in [-0.25, -0.2) is 4.39 Å². The van der Waals surface area contributed by atoms with Crippen molar-refractivity contribution in [2.75, 3.05) is 6.54 Å². The van der Waals surface area contributed by atoms with Crippen molar-refractivity contribution in [3.8, 4) is 0 Å². The van der Waals surface area contributed by atoms with Gasteiger partial charge in [0.15, 0.2) is 0 Å². The molecule has 0 unspecified atom stereocenters. The molecule has 0 bridgehead atoms. The average Bonchev–Trinajstić information content (AvgIpc) is 2.36. The van der Waals surface area contributed by atoms with Crippen molar-refractivity contribution in [1.82, 2.24) is 5.32 Å². The Morgan fingerprint density at radius 2 is 1.84 bits per heavy atom. The highest BCUT2D eigenvalue weighted by Gasteiger charge is 1.99. The molecule has 108 valence electrons. The van der Waals surface area contributed by atoms with Crippen molar-refractivity contribution >= 4 is 0 Å². The van der Waals surface area contributed by atoms with Crippen LogP contribution in [0.1, 0.15) is 57.1 Å². The molecule has 0 radical (unpaired) electrons. The molecule has 0 aromatic heterocycles. The molecule has 1 nitrogen and oxygen atoms in total. The molecular formula is C17H28FN. The highest BCUT2D eigenvalue weighted by molar-refractivity contribution is 5.23. The van der Waals surface area contributed by atoms with Gasteiger partial charge < -0.3 is 5.32 Å². The van der Waals surface area contributed by atoms with E-state index in [1.165, 1.54) is 32.1 Å². The van der Waals surface area contributed by atoms with Crippen LogP contribution in [-0.2, 0) is 6.54 Å². The van der Waals surface area contributed by atoms with Gasteiger partial charge in [0, 0.05) is 6.54 Å². The Balaban J connectivity index is 2.03. The zero-order valence-corrected chi connectivity index (χ0v) is 12.6. The Morgan fingerprint density at radius 3 is 2.53 bits per heavy atom. The van der Waals surface area contributed by atoms with Crippen LogP contribution in [0.15, 0.2) is 18.2 Å². The number of hydrogen-bond acceptors (Lipinski definition) is 1. The van der Waals surface area contributed by atoms with E-state index in [4.69, 9.17) is 0 Å². The van der Waals surface area contributed by atoms with Crippen molar-refractivity contribution in [1.29, 1.82) is 0 Å². The van der Waals surface area contributed by atoms with E-state index < -0.39 is 0 Å². The second-order valence-corrected chi connectivity index (χ2v) is 5.86. The van der Waals surface area contributed by atoms with Gasteiger partial charge in [-0.05, 0) is 43.0 Å². The van der Waals surface area contributed by atoms with Crippen LogP contribution in [-0.4, -0.2) is 6.54 Å². The van der Waals surface area contributed by atoms with Gasteiger partial charge in [0.05, 0.1) is 0 Å². The summed E-state index contributed by atoms with van der Waals surface area (Å²) in [6.07, 6.45) is 6.53. The zero-order valence-electron chi connectivity index (χ0n) is 12.6. The summed E-state index contributed by atoms with van der Waals surface area (Å²) in [6, 6.07) is 5.47. The lowest BCUT2D eigenvalue weighted by Gasteiger charge is -2.07. The van der Waals surface area contributed by atoms with Crippen LogP contribution in [0.4, 0.5) is 4.39 Å². The van der Waals surface area contributed by atoms with Gasteiger partial charge in [0.25, 0.3) is 0 Å². The summed E-state index contributed by atoms with van der Waals surface area (Å²) >= 11 is 0. The molecule has 0 aliphatic rings. The molecule has 1 aromatic carbocycles. The van der Waals surface area contributed by atoms with Gasteiger partial charge in [0.2, 0.25) is 0 Å². The van der Waals surface area contributed by atoms with Gasteiger partial charge in [-0.3, -0.25) is 0 Å². The highest BCUT2D eigenvalue weighted by Crippen LogP contribution is 2.10. The summed E-state index contributed by atoms with van der Waals surface area (Å²) in [6.45, 7) is 8.15. The Morgan fingerprint density at radius 1 is 1.11 bits per heavy atom. The van der Waals surface area contributed by atoms with Crippen molar-refractivity contribution in [3.63, 3.8) is 0 Å². The smallest absolute Gasteiger partial charge is 0.126 e. The number of rotatable bonds is 9. The lowest BCUT2D eigenvalue weighted by atomic mass is 10.0. The molecule has 0 amide bonds. The number of halogens is 1. The lowest BCUT2D eigenvalue weighted by molar-refractivity contribution is 0.512. The second kappa shape index (κ2) is 9.08. The Labute approximate surface area is 117 Å². The fourth-order valence-corrected chi connectivity index (χ4v) is 2.14. The summed E-state index contributed by atoms with van der Waals surface area (Å²) in [5, 5.41) is 3.38. The van der Waals surface area contributed by atoms with Crippen molar-refractivity contribution in [3.05, 3.63) is 35.1 Å². The predicted octanol–water partition coefficient (Wildman–Crippen LogP) is 4.83. The Hall–Kier alpha value is -0.890. The van der Waals surface area contributed by atoms with Gasteiger partial charge in [-0.15, -0.1) is 0 Å². The Bertz CT molecular complexity index is 360. The van der Waals surface area contributed by atoms with Crippen LogP contribution in [0.3, 0.4) is 0 Å². The maximum absolute atomic E-state index is 13.3. The van der Waals surface area contributed by atoms with Crippen LogP contribution in [0.25, 0.3) is 0 Å². The van der Waals surface area contributed by atoms with Crippen molar-refractivity contribution in [2.24, 2.45) is 5.92 Å². The first-order valence-electron chi connectivity index (χ1n) is 7.55. The fraction of sp³-hybridized carbons (Fsp3) is 0.647. The number of unbranched alkanes of at least 4 members (excludes halogenated alkanes) is 3. The van der Waals surface area contributed by atoms with Crippen LogP contribution in [0.2, 0.25) is 0 Å². The number of benzene rings is 1. The Kier molecular flexibility index (Phi) is 7.73. The minimum atomic E-state index is -0.104. The molecule has 19 heavy (non-hydrogen) atoms. The molecule has 0 spiro atoms. The van der Waals surface area contributed by atoms with Gasteiger partial charge in [0.1, 0.15) is 5.82 Å². The summed E-state index contributed by atoms with van der Waals surface area (Å²) in [5.74, 6) is 0.725. The van der Waals surface area contributed by atoms with Gasteiger partial charge in [-0.1, -0.05) is 51.7 Å². The molecule has 0 aliphatic carbocycles. The SMILES string of the molecule is Cc1ccc(CNCCCCCCC(C)C)cc1F. The van der Waals surface area contributed by atoms with Crippen molar-refractivity contribution < 1.29 is 4.39 Å². The number of aryl methyl sites for hydroxylation is 1. The van der Waals surface area contributed by atoms with E-state index in [0.29, 0.717) is 5.56 Å². The maximum atomic E-state index is 13.3. The summed E-state index contributed by atoms with van der Waals surface area (Å²) in [5.41, 5.74) is 1.75. The molecular weight excluding hydrogens is 237 g/mol. The quantitative estimate of drug-likeness (QED) is 0.631. The minimum absolute atomic E-state index is 0.104. The maximum Gasteiger partial charge on any atom is 0.126 e. The van der Waals surface area contributed by atoms with Crippen molar-refractivity contribution in [2.45, 2.75) is 59.4 Å². The molecule has 2 heteroatoms. The van der Waals surface area contributed by atoms with E-state index in [-0.39, 0.29) is 5.82 Å². The van der Waals surface area contributed by atoms with Gasteiger partial charge in [-0.2, -0.15) is 0 Å². The third-order valence-corrected chi connectivity index (χ3v) is 3.45. The number of nitrogens with one attached hydrogen (secondary N) is 1. The fourth-order valence-electron chi connectivity index (χ4n) is 2.14. The third-order valence-electron chi connectivity index (χ3n) is 3.45. The summed E-state index contributed by atoms with van der Waals surface area (Å²) in [7, 11) is 0. The molecule has 1 N–H and O–H groups in total. The standard InChI is InChI=1S/C17H28FN/c1-14(2)8-6-4-5-7-11-19-13-16-10-9-15(3)17(18)12-16/h9-10,12,14,19H,4-8,11,13H2,1-3H3. The third kappa shape index (κ3) is 7.31. The largest absolute Gasteiger partial charge is 0.313 e.